The van der Waals surface area contributed by atoms with Gasteiger partial charge in [-0.15, -0.1) is 11.6 Å². The second-order valence-electron chi connectivity index (χ2n) is 15.3. The number of amides is 1. The molecule has 0 spiro atoms. The van der Waals surface area contributed by atoms with Crippen molar-refractivity contribution in [2.75, 3.05) is 78.1 Å². The minimum atomic E-state index is -4.15. The van der Waals surface area contributed by atoms with Crippen LogP contribution in [0, 0.1) is 13.8 Å². The largest absolute Gasteiger partial charge is 0.796 e. The van der Waals surface area contributed by atoms with Crippen LogP contribution in [0.1, 0.15) is 67.4 Å². The maximum atomic E-state index is 13.6. The van der Waals surface area contributed by atoms with Gasteiger partial charge in [-0.2, -0.15) is 4.89 Å². The molecule has 0 radical (unpaired) electrons. The van der Waals surface area contributed by atoms with Crippen molar-refractivity contribution in [2.24, 2.45) is 0 Å². The van der Waals surface area contributed by atoms with Crippen molar-refractivity contribution < 1.29 is 42.3 Å². The number of unbranched alkanes of at least 4 members (excludes halogenated alkanes) is 3. The van der Waals surface area contributed by atoms with Crippen molar-refractivity contribution in [3.05, 3.63) is 100 Å². The van der Waals surface area contributed by atoms with Gasteiger partial charge in [0.05, 0.1) is 37.0 Å². The topological polar surface area (TPSA) is 154 Å². The van der Waals surface area contributed by atoms with E-state index in [1.807, 2.05) is 112 Å². The molecular formula is C46H61ClN3O9P2+. The Kier molecular flexibility index (Phi) is 19.0. The van der Waals surface area contributed by atoms with Crippen molar-refractivity contribution in [3.63, 3.8) is 0 Å². The summed E-state index contributed by atoms with van der Waals surface area (Å²) in [5.74, 6) is 2.18. The van der Waals surface area contributed by atoms with E-state index in [0.29, 0.717) is 72.6 Å². The molecule has 1 aliphatic carbocycles. The first kappa shape index (κ1) is 49.5. The van der Waals surface area contributed by atoms with Gasteiger partial charge < -0.3 is 38.3 Å². The Morgan fingerprint density at radius 1 is 0.902 bits per heavy atom. The van der Waals surface area contributed by atoms with Crippen LogP contribution >= 0.6 is 27.0 Å². The molecule has 2 N–H and O–H groups in total. The molecule has 12 nitrogen and oxygen atoms in total. The molecule has 61 heavy (non-hydrogen) atoms. The van der Waals surface area contributed by atoms with Gasteiger partial charge in [-0.3, -0.25) is 4.79 Å². The molecule has 0 bridgehead atoms. The number of hydrogen-bond donors (Lipinski definition) is 2. The summed E-state index contributed by atoms with van der Waals surface area (Å²) >= 11 is 5.66. The molecule has 3 aromatic rings. The number of fused-ring (bicyclic) bond motifs is 4. The van der Waals surface area contributed by atoms with Crippen molar-refractivity contribution >= 4 is 54.9 Å². The average molecular weight is 897 g/mol. The summed E-state index contributed by atoms with van der Waals surface area (Å²) in [6.07, 6.45) is 3.86. The van der Waals surface area contributed by atoms with Gasteiger partial charge in [0.2, 0.25) is 16.9 Å². The number of aryl methyl sites for hydroxylation is 2. The zero-order valence-corrected chi connectivity index (χ0v) is 37.9. The Morgan fingerprint density at radius 2 is 1.56 bits per heavy atom. The maximum absolute atomic E-state index is 13.6. The van der Waals surface area contributed by atoms with E-state index in [-0.39, 0.29) is 31.2 Å². The van der Waals surface area contributed by atoms with Crippen LogP contribution in [0.4, 0.5) is 5.69 Å². The lowest BCUT2D eigenvalue weighted by molar-refractivity contribution is -0.171. The minimum absolute atomic E-state index is 0. The van der Waals surface area contributed by atoms with Gasteiger partial charge in [-0.05, 0) is 78.8 Å². The van der Waals surface area contributed by atoms with Gasteiger partial charge >= 0.3 is 8.03 Å². The van der Waals surface area contributed by atoms with E-state index in [4.69, 9.17) is 30.2 Å². The quantitative estimate of drug-likeness (QED) is 0.0290. The summed E-state index contributed by atoms with van der Waals surface area (Å²) in [5, 5.41) is 4.38. The van der Waals surface area contributed by atoms with E-state index in [1.165, 1.54) is 0 Å². The molecule has 330 valence electrons. The normalized spacial score (nSPS) is 14.0. The molecule has 0 saturated carbocycles. The zero-order valence-electron chi connectivity index (χ0n) is 35.4. The molecule has 2 heterocycles. The van der Waals surface area contributed by atoms with Crippen LogP contribution in [0.15, 0.2) is 77.2 Å². The van der Waals surface area contributed by atoms with Crippen LogP contribution < -0.4 is 35.1 Å². The third-order valence-electron chi connectivity index (χ3n) is 10.1. The Morgan fingerprint density at radius 3 is 2.25 bits per heavy atom. The zero-order chi connectivity index (χ0) is 43.4. The number of halogens is 1. The highest BCUT2D eigenvalue weighted by atomic mass is 35.5. The molecule has 0 fully saturated rings. The monoisotopic (exact) mass is 896 g/mol. The van der Waals surface area contributed by atoms with Gasteiger partial charge in [0, 0.05) is 87.2 Å². The van der Waals surface area contributed by atoms with E-state index in [1.54, 1.807) is 12.1 Å². The molecule has 3 aliphatic rings. The van der Waals surface area contributed by atoms with E-state index in [9.17, 15) is 23.7 Å². The van der Waals surface area contributed by atoms with Crippen LogP contribution in [0.2, 0.25) is 0 Å². The summed E-state index contributed by atoms with van der Waals surface area (Å²) < 4.78 is 50.5. The molecular weight excluding hydrogens is 836 g/mol. The van der Waals surface area contributed by atoms with Crippen LogP contribution in [0.25, 0.3) is 22.3 Å². The molecule has 3 aromatic carbocycles. The van der Waals surface area contributed by atoms with Gasteiger partial charge in [0.1, 0.15) is 36.9 Å². The number of benzene rings is 4. The van der Waals surface area contributed by atoms with Crippen LogP contribution in [0.3, 0.4) is 0 Å². The average Bonchev–Trinajstić information content (AvgIpc) is 3.21. The van der Waals surface area contributed by atoms with Crippen molar-refractivity contribution in [3.8, 4) is 22.8 Å². The molecule has 2 aliphatic heterocycles. The van der Waals surface area contributed by atoms with Crippen molar-refractivity contribution in [2.45, 2.75) is 59.0 Å². The second-order valence-corrected chi connectivity index (χ2v) is 19.1. The summed E-state index contributed by atoms with van der Waals surface area (Å²) in [6, 6.07) is 22.4. The Balaban J connectivity index is 0.000000312. The Bertz CT molecular complexity index is 2360. The molecule has 3 unspecified atom stereocenters. The molecule has 15 heteroatoms. The number of rotatable bonds is 18. The minimum Gasteiger partial charge on any atom is -0.796 e. The van der Waals surface area contributed by atoms with Gasteiger partial charge in [-0.25, -0.2) is 4.58 Å². The molecule has 0 aromatic heterocycles. The smallest absolute Gasteiger partial charge is 0.518 e. The molecule has 6 rings (SSSR count). The Hall–Kier alpha value is -4.12. The maximum Gasteiger partial charge on any atom is 0.518 e. The number of alkyl halides is 1. The third-order valence-corrected chi connectivity index (χ3v) is 13.4. The number of nitrogens with zero attached hydrogens (tertiary/aromatic N) is 2. The third kappa shape index (κ3) is 13.4. The predicted octanol–water partition coefficient (Wildman–Crippen LogP) is 8.11. The van der Waals surface area contributed by atoms with E-state index in [0.717, 1.165) is 59.0 Å². The number of carbonyl (C=O) groups is 1. The molecule has 3 atom stereocenters. The van der Waals surface area contributed by atoms with Crippen LogP contribution in [0.5, 0.6) is 11.5 Å². The van der Waals surface area contributed by atoms with E-state index >= 15 is 0 Å². The highest BCUT2D eigenvalue weighted by molar-refractivity contribution is 7.65. The summed E-state index contributed by atoms with van der Waals surface area (Å²) in [7, 11) is 1.21. The first-order valence-corrected chi connectivity index (χ1v) is 23.8. The fourth-order valence-corrected chi connectivity index (χ4v) is 9.81. The Labute approximate surface area is 366 Å². The first-order valence-electron chi connectivity index (χ1n) is 20.2. The highest BCUT2D eigenvalue weighted by Gasteiger charge is 2.41. The summed E-state index contributed by atoms with van der Waals surface area (Å²) in [6.45, 7) is 6.20. The SMILES string of the molecule is C.Cc1ccc2c(P(=O)([O-])CCC(=O)NCCOCCOCCCCCCCl)c3ccc(=[N+](C)C)cc-3oc2c1.Cc1ccc2c(c1)Oc1cc(N(C)C)ccc1C2[P+](=O)O. The standard InChI is InChI=1S/C29H40ClN2O6P.C16H16NO3P.CH4/c1-22-8-10-24-26(20-22)38-27-21-23(32(2)3)9-11-25(27)29(24)39(34,35)19-12-28(33)31-14-16-37-18-17-36-15-7-5-4-6-13-30;1-10-4-6-12-14(8-10)20-15-9-11(17(2)3)5-7-13(15)16(12)21(18)19;/h8-11,20-21H,4-7,12-19H2,1-3H3,(H-,31,33,34,35);4-9,16H,1-3H3;1H4/p+1. The van der Waals surface area contributed by atoms with Crippen molar-refractivity contribution in [1.82, 2.24) is 9.89 Å². The lowest BCUT2D eigenvalue weighted by Crippen LogP contribution is -2.30. The van der Waals surface area contributed by atoms with Crippen LogP contribution in [-0.2, 0) is 23.4 Å². The number of anilines is 1. The number of nitrogens with one attached hydrogen (secondary N) is 1. The molecule has 0 saturated heterocycles. The van der Waals surface area contributed by atoms with E-state index in [2.05, 4.69) is 5.32 Å². The van der Waals surface area contributed by atoms with Crippen molar-refractivity contribution in [1.29, 1.82) is 0 Å². The first-order chi connectivity index (χ1) is 28.7. The van der Waals surface area contributed by atoms with Gasteiger partial charge in [0.25, 0.3) is 0 Å². The number of hydrogen-bond acceptors (Lipinski definition) is 9. The van der Waals surface area contributed by atoms with Crippen LogP contribution in [-0.4, -0.2) is 84.0 Å². The molecule has 1 amide bonds. The lowest BCUT2D eigenvalue weighted by Gasteiger charge is -2.28. The summed E-state index contributed by atoms with van der Waals surface area (Å²) in [4.78, 5) is 37.7. The second kappa shape index (κ2) is 23.4. The highest BCUT2D eigenvalue weighted by Crippen LogP contribution is 2.54. The lowest BCUT2D eigenvalue weighted by atomic mass is 9.98. The number of ether oxygens (including phenoxy) is 3. The van der Waals surface area contributed by atoms with Gasteiger partial charge in [0.15, 0.2) is 0 Å². The van der Waals surface area contributed by atoms with Gasteiger partial charge in [-0.1, -0.05) is 38.5 Å². The fourth-order valence-electron chi connectivity index (χ4n) is 6.89. The predicted molar refractivity (Wildman–Crippen MR) is 246 cm³/mol. The fraction of sp³-hybridized carbons (Fsp3) is 0.435. The number of carbonyl (C=O) groups excluding carboxylic acids is 1. The summed E-state index contributed by atoms with van der Waals surface area (Å²) in [5.41, 5.74) is 5.05. The van der Waals surface area contributed by atoms with E-state index < -0.39 is 21.1 Å².